The Hall–Kier alpha value is -0.830. The highest BCUT2D eigenvalue weighted by Gasteiger charge is 2.10. The summed E-state index contributed by atoms with van der Waals surface area (Å²) in [7, 11) is 0. The lowest BCUT2D eigenvalue weighted by molar-refractivity contribution is 0.349. The second-order valence-electron chi connectivity index (χ2n) is 6.38. The number of nitrogens with one attached hydrogen (secondary N) is 1. The molecule has 0 amide bonds. The van der Waals surface area contributed by atoms with Crippen molar-refractivity contribution in [2.75, 3.05) is 6.54 Å². The molecule has 0 aliphatic carbocycles. The quantitative estimate of drug-likeness (QED) is 0.799. The third kappa shape index (κ3) is 5.67. The van der Waals surface area contributed by atoms with E-state index in [1.807, 2.05) is 6.20 Å². The van der Waals surface area contributed by atoms with E-state index in [1.165, 1.54) is 24.8 Å². The molecule has 1 heterocycles. The lowest BCUT2D eigenvalue weighted by atomic mass is 9.91. The maximum atomic E-state index is 4.44. The van der Waals surface area contributed by atoms with Gasteiger partial charge in [-0.3, -0.25) is 4.68 Å². The van der Waals surface area contributed by atoms with Crippen molar-refractivity contribution < 1.29 is 0 Å². The Balaban J connectivity index is 2.38. The average Bonchev–Trinajstić information content (AvgIpc) is 2.73. The molecule has 3 nitrogen and oxygen atoms in total. The van der Waals surface area contributed by atoms with E-state index in [1.54, 1.807) is 0 Å². The highest BCUT2D eigenvalue weighted by Crippen LogP contribution is 2.21. The first-order chi connectivity index (χ1) is 8.42. The monoisotopic (exact) mass is 251 g/mol. The summed E-state index contributed by atoms with van der Waals surface area (Å²) in [6.07, 6.45) is 7.78. The molecule has 3 heteroatoms. The second kappa shape index (κ2) is 6.93. The fourth-order valence-corrected chi connectivity index (χ4v) is 1.98. The Morgan fingerprint density at radius 3 is 2.72 bits per heavy atom. The summed E-state index contributed by atoms with van der Waals surface area (Å²) in [5.41, 5.74) is 1.71. The van der Waals surface area contributed by atoms with Gasteiger partial charge in [-0.05, 0) is 38.1 Å². The van der Waals surface area contributed by atoms with Crippen LogP contribution >= 0.6 is 0 Å². The fourth-order valence-electron chi connectivity index (χ4n) is 1.98. The molecule has 0 aromatic carbocycles. The maximum Gasteiger partial charge on any atom is 0.0537 e. The van der Waals surface area contributed by atoms with E-state index >= 15 is 0 Å². The van der Waals surface area contributed by atoms with Gasteiger partial charge in [0.05, 0.1) is 6.20 Å². The molecule has 0 saturated heterocycles. The van der Waals surface area contributed by atoms with Gasteiger partial charge >= 0.3 is 0 Å². The maximum absolute atomic E-state index is 4.44. The first-order valence-corrected chi connectivity index (χ1v) is 7.18. The SMILES string of the molecule is CCCNC(C)c1cnn(CCCC(C)(C)C)c1. The van der Waals surface area contributed by atoms with E-state index in [9.17, 15) is 0 Å². The summed E-state index contributed by atoms with van der Waals surface area (Å²) in [4.78, 5) is 0. The van der Waals surface area contributed by atoms with Crippen molar-refractivity contribution in [3.63, 3.8) is 0 Å². The summed E-state index contributed by atoms with van der Waals surface area (Å²) in [6, 6.07) is 0.404. The first-order valence-electron chi connectivity index (χ1n) is 7.18. The Kier molecular flexibility index (Phi) is 5.86. The van der Waals surface area contributed by atoms with Gasteiger partial charge in [0.25, 0.3) is 0 Å². The zero-order valence-corrected chi connectivity index (χ0v) is 12.7. The van der Waals surface area contributed by atoms with Crippen molar-refractivity contribution in [1.29, 1.82) is 0 Å². The van der Waals surface area contributed by atoms with Crippen LogP contribution in [0.25, 0.3) is 0 Å². The summed E-state index contributed by atoms with van der Waals surface area (Å²) in [6.45, 7) is 13.4. The van der Waals surface area contributed by atoms with Crippen LogP contribution in [0.1, 0.15) is 65.5 Å². The van der Waals surface area contributed by atoms with Gasteiger partial charge in [0.2, 0.25) is 0 Å². The number of aromatic nitrogens is 2. The number of nitrogens with zero attached hydrogens (tertiary/aromatic N) is 2. The van der Waals surface area contributed by atoms with Crippen LogP contribution in [0.5, 0.6) is 0 Å². The third-order valence-corrected chi connectivity index (χ3v) is 3.17. The van der Waals surface area contributed by atoms with E-state index in [0.717, 1.165) is 13.1 Å². The highest BCUT2D eigenvalue weighted by molar-refractivity contribution is 5.09. The molecule has 18 heavy (non-hydrogen) atoms. The summed E-state index contributed by atoms with van der Waals surface area (Å²) in [5, 5.41) is 7.93. The van der Waals surface area contributed by atoms with Crippen molar-refractivity contribution in [3.8, 4) is 0 Å². The van der Waals surface area contributed by atoms with Gasteiger partial charge < -0.3 is 5.32 Å². The van der Waals surface area contributed by atoms with Gasteiger partial charge in [-0.1, -0.05) is 27.7 Å². The van der Waals surface area contributed by atoms with E-state index in [2.05, 4.69) is 55.9 Å². The van der Waals surface area contributed by atoms with E-state index in [4.69, 9.17) is 0 Å². The lowest BCUT2D eigenvalue weighted by Crippen LogP contribution is -2.18. The Labute approximate surface area is 112 Å². The minimum Gasteiger partial charge on any atom is -0.310 e. The van der Waals surface area contributed by atoms with Crippen LogP contribution in [0.4, 0.5) is 0 Å². The van der Waals surface area contributed by atoms with Crippen LogP contribution in [0.15, 0.2) is 12.4 Å². The molecule has 1 aromatic rings. The van der Waals surface area contributed by atoms with E-state index < -0.39 is 0 Å². The van der Waals surface area contributed by atoms with Gasteiger partial charge in [0.1, 0.15) is 0 Å². The molecule has 0 bridgehead atoms. The Bertz CT molecular complexity index is 336. The van der Waals surface area contributed by atoms with Crippen LogP contribution < -0.4 is 5.32 Å². The molecular formula is C15H29N3. The molecule has 1 N–H and O–H groups in total. The number of hydrogen-bond donors (Lipinski definition) is 1. The fraction of sp³-hybridized carbons (Fsp3) is 0.800. The smallest absolute Gasteiger partial charge is 0.0537 e. The highest BCUT2D eigenvalue weighted by atomic mass is 15.3. The lowest BCUT2D eigenvalue weighted by Gasteiger charge is -2.17. The van der Waals surface area contributed by atoms with E-state index in [-0.39, 0.29) is 0 Å². The normalized spacial score (nSPS) is 13.8. The molecule has 1 rings (SSSR count). The summed E-state index contributed by atoms with van der Waals surface area (Å²) >= 11 is 0. The predicted octanol–water partition coefficient (Wildman–Crippen LogP) is 3.77. The van der Waals surface area contributed by atoms with Gasteiger partial charge in [0, 0.05) is 24.3 Å². The number of hydrogen-bond acceptors (Lipinski definition) is 2. The average molecular weight is 251 g/mol. The second-order valence-corrected chi connectivity index (χ2v) is 6.38. The summed E-state index contributed by atoms with van der Waals surface area (Å²) < 4.78 is 2.07. The molecule has 0 saturated carbocycles. The van der Waals surface area contributed by atoms with Gasteiger partial charge in [-0.25, -0.2) is 0 Å². The van der Waals surface area contributed by atoms with Crippen LogP contribution in [0.2, 0.25) is 0 Å². The molecule has 1 aromatic heterocycles. The van der Waals surface area contributed by atoms with Gasteiger partial charge in [-0.2, -0.15) is 5.10 Å². The number of aryl methyl sites for hydroxylation is 1. The minimum absolute atomic E-state index is 0.404. The summed E-state index contributed by atoms with van der Waals surface area (Å²) in [5.74, 6) is 0. The number of rotatable bonds is 7. The topological polar surface area (TPSA) is 29.9 Å². The molecule has 0 fully saturated rings. The largest absolute Gasteiger partial charge is 0.310 e. The van der Waals surface area contributed by atoms with Crippen molar-refractivity contribution >= 4 is 0 Å². The van der Waals surface area contributed by atoms with Crippen LogP contribution in [-0.2, 0) is 6.54 Å². The molecular weight excluding hydrogens is 222 g/mol. The molecule has 1 atom stereocenters. The van der Waals surface area contributed by atoms with Gasteiger partial charge in [-0.15, -0.1) is 0 Å². The van der Waals surface area contributed by atoms with Crippen LogP contribution in [0.3, 0.4) is 0 Å². The standard InChI is InChI=1S/C15H29N3/c1-6-9-16-13(2)14-11-17-18(12-14)10-7-8-15(3,4)5/h11-13,16H,6-10H2,1-5H3. The minimum atomic E-state index is 0.404. The first kappa shape index (κ1) is 15.2. The van der Waals surface area contributed by atoms with Gasteiger partial charge in [0.15, 0.2) is 0 Å². The molecule has 0 aliphatic heterocycles. The molecule has 0 aliphatic rings. The molecule has 0 radical (unpaired) electrons. The molecule has 104 valence electrons. The van der Waals surface area contributed by atoms with Crippen LogP contribution in [-0.4, -0.2) is 16.3 Å². The van der Waals surface area contributed by atoms with Crippen molar-refractivity contribution in [1.82, 2.24) is 15.1 Å². The van der Waals surface area contributed by atoms with Crippen LogP contribution in [0, 0.1) is 5.41 Å². The third-order valence-electron chi connectivity index (χ3n) is 3.17. The molecule has 1 unspecified atom stereocenters. The van der Waals surface area contributed by atoms with Crippen molar-refractivity contribution in [3.05, 3.63) is 18.0 Å². The Morgan fingerprint density at radius 2 is 2.11 bits per heavy atom. The van der Waals surface area contributed by atoms with Crippen molar-refractivity contribution in [2.45, 2.75) is 66.5 Å². The van der Waals surface area contributed by atoms with E-state index in [0.29, 0.717) is 11.5 Å². The zero-order valence-electron chi connectivity index (χ0n) is 12.7. The predicted molar refractivity (Wildman–Crippen MR) is 77.6 cm³/mol. The molecule has 0 spiro atoms. The van der Waals surface area contributed by atoms with Crippen molar-refractivity contribution in [2.24, 2.45) is 5.41 Å². The zero-order chi connectivity index (χ0) is 13.6. The Morgan fingerprint density at radius 1 is 1.39 bits per heavy atom.